The van der Waals surface area contributed by atoms with Crippen LogP contribution in [-0.2, 0) is 22.5 Å². The summed E-state index contributed by atoms with van der Waals surface area (Å²) < 4.78 is 11.4. The van der Waals surface area contributed by atoms with Crippen LogP contribution in [0.5, 0.6) is 11.5 Å². The second-order valence-electron chi connectivity index (χ2n) is 11.4. The molecule has 1 heterocycles. The van der Waals surface area contributed by atoms with Gasteiger partial charge in [0.15, 0.2) is 11.4 Å². The number of carbonyl (C=O) groups is 2. The van der Waals surface area contributed by atoms with E-state index < -0.39 is 58.0 Å². The van der Waals surface area contributed by atoms with E-state index in [9.17, 15) is 30.0 Å². The number of fused-ring (bicyclic) bond motifs is 2. The molecule has 5 atom stereocenters. The van der Waals surface area contributed by atoms with E-state index in [0.717, 1.165) is 12.1 Å². The number of phenolic OH excluding ortho intramolecular Hbond substituents is 1. The van der Waals surface area contributed by atoms with Gasteiger partial charge in [-0.15, -0.1) is 0 Å². The molecule has 11 heteroatoms. The molecule has 1 aromatic carbocycles. The molecule has 204 valence electrons. The zero-order valence-electron chi connectivity index (χ0n) is 21.6. The van der Waals surface area contributed by atoms with Gasteiger partial charge in [-0.1, -0.05) is 0 Å². The van der Waals surface area contributed by atoms with E-state index in [2.05, 4.69) is 5.32 Å². The summed E-state index contributed by atoms with van der Waals surface area (Å²) in [5.41, 5.74) is 4.49. The zero-order chi connectivity index (χ0) is 27.3. The number of methoxy groups -OCH3 is 1. The molecular weight excluding hydrogens is 494 g/mol. The SMILES string of the molecule is COc1c(CNCC2CC2)cc(O)c2c1C[C@H]1C[C@H]3[C@H](N(C)C)C(O)=C(C(N)=O)C4(O)O[C@]34C(O)=C1C2=O. The Bertz CT molecular complexity index is 1330. The lowest BCUT2D eigenvalue weighted by atomic mass is 9.60. The average Bonchev–Trinajstić information content (AvgIpc) is 3.74. The fraction of sp³-hybridized carbons (Fsp3) is 0.556. The van der Waals surface area contributed by atoms with Crippen LogP contribution in [0.15, 0.2) is 28.7 Å². The first-order chi connectivity index (χ1) is 18.0. The number of epoxide rings is 1. The van der Waals surface area contributed by atoms with Crippen molar-refractivity contribution >= 4 is 11.7 Å². The number of nitrogens with zero attached hydrogens (tertiary/aromatic N) is 1. The fourth-order valence-corrected chi connectivity index (χ4v) is 7.09. The topological polar surface area (TPSA) is 178 Å². The molecule has 6 rings (SSSR count). The molecule has 0 aromatic heterocycles. The van der Waals surface area contributed by atoms with E-state index in [0.29, 0.717) is 23.8 Å². The smallest absolute Gasteiger partial charge is 0.253 e. The second-order valence-corrected chi connectivity index (χ2v) is 11.4. The first-order valence-electron chi connectivity index (χ1n) is 12.9. The number of hydrogen-bond acceptors (Lipinski definition) is 10. The summed E-state index contributed by atoms with van der Waals surface area (Å²) in [5, 5.41) is 48.3. The number of allylic oxidation sites excluding steroid dienone is 1. The standard InChI is InChI=1S/C27H33N3O8/c1-30(2)20-15-7-12-6-14-18(16(31)8-13(23(14)37-3)10-29-9-11-4-5-11)21(32)17(12)24(34)26(15)27(36,38-26)19(22(20)33)25(28)35/h8,11-12,15,20,29,31,33-34,36H,4-7,9-10H2,1-3H3,(H2,28,35)/t12-,15-,20-,26-,27?/m0/s1. The first kappa shape index (κ1) is 25.2. The van der Waals surface area contributed by atoms with Crippen molar-refractivity contribution in [1.29, 1.82) is 0 Å². The lowest BCUT2D eigenvalue weighted by molar-refractivity contribution is -0.117. The minimum absolute atomic E-state index is 0.0179. The van der Waals surface area contributed by atoms with E-state index in [1.165, 1.54) is 26.0 Å². The number of Topliss-reactive ketones (excluding diaryl/α,β-unsaturated/α-hetero) is 1. The summed E-state index contributed by atoms with van der Waals surface area (Å²) in [7, 11) is 4.91. The third-order valence-corrected chi connectivity index (χ3v) is 8.91. The molecule has 1 aromatic rings. The zero-order valence-corrected chi connectivity index (χ0v) is 21.6. The summed E-state index contributed by atoms with van der Waals surface area (Å²) in [6, 6.07) is 0.698. The number of amides is 1. The maximum atomic E-state index is 13.9. The molecule has 0 bridgehead atoms. The van der Waals surface area contributed by atoms with Crippen molar-refractivity contribution in [1.82, 2.24) is 10.2 Å². The summed E-state index contributed by atoms with van der Waals surface area (Å²) in [6.07, 6.45) is 2.94. The van der Waals surface area contributed by atoms with E-state index >= 15 is 0 Å². The van der Waals surface area contributed by atoms with Gasteiger partial charge in [0.25, 0.3) is 5.91 Å². The number of aliphatic hydroxyl groups is 3. The lowest BCUT2D eigenvalue weighted by Gasteiger charge is -2.45. The van der Waals surface area contributed by atoms with Crippen molar-refractivity contribution in [2.45, 2.75) is 49.7 Å². The van der Waals surface area contributed by atoms with Gasteiger partial charge in [-0.25, -0.2) is 0 Å². The van der Waals surface area contributed by atoms with Crippen LogP contribution in [0.2, 0.25) is 0 Å². The van der Waals surface area contributed by atoms with Gasteiger partial charge < -0.3 is 41.0 Å². The number of carbonyl (C=O) groups excluding carboxylic acids is 2. The van der Waals surface area contributed by atoms with E-state index in [4.69, 9.17) is 15.2 Å². The van der Waals surface area contributed by atoms with Crippen LogP contribution in [0.1, 0.15) is 40.7 Å². The van der Waals surface area contributed by atoms with Crippen molar-refractivity contribution in [3.8, 4) is 11.5 Å². The number of rotatable bonds is 7. The Morgan fingerprint density at radius 2 is 2.00 bits per heavy atom. The molecule has 1 spiro atoms. The van der Waals surface area contributed by atoms with Gasteiger partial charge in [-0.2, -0.15) is 0 Å². The highest BCUT2D eigenvalue weighted by Gasteiger charge is 2.84. The highest BCUT2D eigenvalue weighted by Crippen LogP contribution is 2.68. The van der Waals surface area contributed by atoms with Gasteiger partial charge in [-0.05, 0) is 64.2 Å². The van der Waals surface area contributed by atoms with Crippen LogP contribution in [-0.4, -0.2) is 82.2 Å². The number of aromatic hydroxyl groups is 1. The van der Waals surface area contributed by atoms with Crippen molar-refractivity contribution in [3.05, 3.63) is 45.4 Å². The Kier molecular flexibility index (Phi) is 5.42. The molecule has 1 saturated heterocycles. The molecule has 1 unspecified atom stereocenters. The largest absolute Gasteiger partial charge is 0.510 e. The van der Waals surface area contributed by atoms with Crippen molar-refractivity contribution in [3.63, 3.8) is 0 Å². The molecule has 1 amide bonds. The van der Waals surface area contributed by atoms with E-state index in [1.807, 2.05) is 0 Å². The molecule has 1 aliphatic heterocycles. The third-order valence-electron chi connectivity index (χ3n) is 8.91. The highest BCUT2D eigenvalue weighted by atomic mass is 16.8. The number of likely N-dealkylation sites (N-methyl/N-ethyl adjacent to an activating group) is 1. The molecule has 11 nitrogen and oxygen atoms in total. The van der Waals surface area contributed by atoms with Crippen LogP contribution in [0.3, 0.4) is 0 Å². The lowest BCUT2D eigenvalue weighted by Crippen LogP contribution is -2.57. The Balaban J connectivity index is 1.46. The van der Waals surface area contributed by atoms with Crippen LogP contribution < -0.4 is 15.8 Å². The number of nitrogens with two attached hydrogens (primary N) is 1. The number of hydrogen-bond donors (Lipinski definition) is 6. The summed E-state index contributed by atoms with van der Waals surface area (Å²) in [5.74, 6) is -5.19. The van der Waals surface area contributed by atoms with Crippen molar-refractivity contribution < 1.29 is 39.5 Å². The normalized spacial score (nSPS) is 33.5. The van der Waals surface area contributed by atoms with Crippen molar-refractivity contribution in [2.24, 2.45) is 23.5 Å². The number of ketones is 1. The number of benzene rings is 1. The summed E-state index contributed by atoms with van der Waals surface area (Å²) >= 11 is 0. The highest BCUT2D eigenvalue weighted by molar-refractivity contribution is 6.14. The molecule has 2 fully saturated rings. The van der Waals surface area contributed by atoms with E-state index in [1.54, 1.807) is 19.0 Å². The molecule has 0 radical (unpaired) electrons. The number of primary amides is 1. The maximum Gasteiger partial charge on any atom is 0.253 e. The average molecular weight is 528 g/mol. The van der Waals surface area contributed by atoms with Gasteiger partial charge in [0.1, 0.15) is 28.6 Å². The van der Waals surface area contributed by atoms with Gasteiger partial charge in [0, 0.05) is 29.2 Å². The molecular formula is C27H33N3O8. The Labute approximate surface area is 219 Å². The number of nitrogens with one attached hydrogen (secondary N) is 1. The maximum absolute atomic E-state index is 13.9. The molecule has 1 saturated carbocycles. The summed E-state index contributed by atoms with van der Waals surface area (Å²) in [4.78, 5) is 27.8. The first-order valence-corrected chi connectivity index (χ1v) is 12.9. The molecule has 38 heavy (non-hydrogen) atoms. The second kappa shape index (κ2) is 8.19. The van der Waals surface area contributed by atoms with Crippen LogP contribution >= 0.6 is 0 Å². The number of aliphatic hydroxyl groups excluding tert-OH is 2. The van der Waals surface area contributed by atoms with Crippen LogP contribution in [0.4, 0.5) is 0 Å². The Morgan fingerprint density at radius 1 is 1.29 bits per heavy atom. The fourth-order valence-electron chi connectivity index (χ4n) is 7.09. The number of phenols is 1. The van der Waals surface area contributed by atoms with Gasteiger partial charge in [0.05, 0.1) is 18.7 Å². The Hall–Kier alpha value is -3.12. The van der Waals surface area contributed by atoms with E-state index in [-0.39, 0.29) is 29.7 Å². The quantitative estimate of drug-likeness (QED) is 0.278. The minimum Gasteiger partial charge on any atom is -0.510 e. The van der Waals surface area contributed by atoms with Gasteiger partial charge >= 0.3 is 0 Å². The summed E-state index contributed by atoms with van der Waals surface area (Å²) in [6.45, 7) is 1.34. The predicted molar refractivity (Wildman–Crippen MR) is 133 cm³/mol. The van der Waals surface area contributed by atoms with Crippen LogP contribution in [0.25, 0.3) is 0 Å². The molecule has 7 N–H and O–H groups in total. The molecule has 4 aliphatic carbocycles. The minimum atomic E-state index is -2.36. The van der Waals surface area contributed by atoms with Gasteiger partial charge in [0.2, 0.25) is 5.79 Å². The number of ether oxygens (including phenoxy) is 2. The monoisotopic (exact) mass is 527 g/mol. The van der Waals surface area contributed by atoms with Gasteiger partial charge in [-0.3, -0.25) is 14.5 Å². The Morgan fingerprint density at radius 3 is 2.61 bits per heavy atom. The van der Waals surface area contributed by atoms with Crippen molar-refractivity contribution in [2.75, 3.05) is 27.7 Å². The molecule has 5 aliphatic rings. The third kappa shape index (κ3) is 3.16. The van der Waals surface area contributed by atoms with Crippen LogP contribution in [0, 0.1) is 17.8 Å². The predicted octanol–water partition coefficient (Wildman–Crippen LogP) is 0.786.